The van der Waals surface area contributed by atoms with E-state index in [-0.39, 0.29) is 18.9 Å². The highest BCUT2D eigenvalue weighted by atomic mass is 16.6. The molecule has 2 N–H and O–H groups in total. The minimum absolute atomic E-state index is 0.0722. The number of aromatic hydroxyl groups is 1. The van der Waals surface area contributed by atoms with Crippen molar-refractivity contribution >= 4 is 11.8 Å². The first-order valence-electron chi connectivity index (χ1n) is 8.66. The Morgan fingerprint density at radius 1 is 1.19 bits per heavy atom. The monoisotopic (exact) mass is 382 g/mol. The van der Waals surface area contributed by atoms with Crippen LogP contribution in [-0.4, -0.2) is 93.3 Å². The molecule has 0 saturated carbocycles. The number of amidine groups is 1. The lowest BCUT2D eigenvalue weighted by Crippen LogP contribution is -2.28. The summed E-state index contributed by atoms with van der Waals surface area (Å²) in [6.07, 6.45) is 0. The van der Waals surface area contributed by atoms with Crippen molar-refractivity contribution in [2.45, 2.75) is 6.04 Å². The van der Waals surface area contributed by atoms with Gasteiger partial charge in [0.1, 0.15) is 12.4 Å². The number of phenols is 1. The maximum absolute atomic E-state index is 11.1. The van der Waals surface area contributed by atoms with Gasteiger partial charge in [-0.3, -0.25) is 4.99 Å². The van der Waals surface area contributed by atoms with Crippen LogP contribution in [0.25, 0.3) is 0 Å². The predicted octanol–water partition coefficient (Wildman–Crippen LogP) is 0.596. The topological polar surface area (TPSA) is 110 Å². The van der Waals surface area contributed by atoms with Crippen molar-refractivity contribution in [2.75, 3.05) is 60.3 Å². The number of hydrogen-bond donors (Lipinski definition) is 2. The smallest absolute Gasteiger partial charge is 0.330 e. The van der Waals surface area contributed by atoms with Gasteiger partial charge in [-0.1, -0.05) is 6.07 Å². The van der Waals surface area contributed by atoms with Crippen LogP contribution in [-0.2, 0) is 19.0 Å². The number of benzene rings is 1. The minimum atomic E-state index is -0.993. The van der Waals surface area contributed by atoms with Gasteiger partial charge in [0.25, 0.3) is 0 Å². The molecule has 0 radical (unpaired) electrons. The van der Waals surface area contributed by atoms with Crippen LogP contribution >= 0.6 is 0 Å². The summed E-state index contributed by atoms with van der Waals surface area (Å²) in [5.41, 5.74) is 0.436. The third-order valence-electron chi connectivity index (χ3n) is 3.90. The number of ether oxygens (including phenoxy) is 4. The molecule has 1 heterocycles. The molecule has 0 unspecified atom stereocenters. The normalized spacial score (nSPS) is 16.4. The average molecular weight is 382 g/mol. The number of carbonyl (C=O) groups is 1. The van der Waals surface area contributed by atoms with Gasteiger partial charge in [0, 0.05) is 14.2 Å². The van der Waals surface area contributed by atoms with Crippen molar-refractivity contribution < 1.29 is 34.0 Å². The van der Waals surface area contributed by atoms with E-state index in [1.165, 1.54) is 0 Å². The Hall–Kier alpha value is -2.36. The Balaban J connectivity index is 1.83. The number of likely N-dealkylation sites (N-methyl/N-ethyl adjacent to an activating group) is 1. The lowest BCUT2D eigenvalue weighted by molar-refractivity contribution is -0.138. The molecule has 1 atom stereocenters. The average Bonchev–Trinajstić information content (AvgIpc) is 3.03. The van der Waals surface area contributed by atoms with Gasteiger partial charge in [-0.15, -0.1) is 0 Å². The third-order valence-corrected chi connectivity index (χ3v) is 3.90. The van der Waals surface area contributed by atoms with Crippen LogP contribution in [0.4, 0.5) is 0 Å². The molecule has 0 aliphatic carbocycles. The second kappa shape index (κ2) is 10.7. The van der Waals surface area contributed by atoms with Crippen LogP contribution in [0.5, 0.6) is 11.5 Å². The van der Waals surface area contributed by atoms with Crippen LogP contribution in [0.1, 0.15) is 5.56 Å². The third kappa shape index (κ3) is 6.09. The Morgan fingerprint density at radius 2 is 1.85 bits per heavy atom. The first-order chi connectivity index (χ1) is 13.0. The Labute approximate surface area is 158 Å². The van der Waals surface area contributed by atoms with Gasteiger partial charge in [0.15, 0.2) is 17.5 Å². The molecule has 0 spiro atoms. The Bertz CT molecular complexity index is 651. The summed E-state index contributed by atoms with van der Waals surface area (Å²) >= 11 is 0. The summed E-state index contributed by atoms with van der Waals surface area (Å²) in [6, 6.07) is 4.19. The van der Waals surface area contributed by atoms with Gasteiger partial charge >= 0.3 is 5.97 Å². The molecule has 9 nitrogen and oxygen atoms in total. The van der Waals surface area contributed by atoms with Gasteiger partial charge in [-0.05, 0) is 12.1 Å². The van der Waals surface area contributed by atoms with Crippen molar-refractivity contribution in [3.63, 3.8) is 0 Å². The van der Waals surface area contributed by atoms with Crippen molar-refractivity contribution in [2.24, 2.45) is 4.99 Å². The van der Waals surface area contributed by atoms with E-state index >= 15 is 0 Å². The SMILES string of the molecule is COCCOCCOCCOc1cccc(C2=N[C@@H](C(=O)O)CN2C)c1O. The van der Waals surface area contributed by atoms with Crippen molar-refractivity contribution in [3.05, 3.63) is 23.8 Å². The van der Waals surface area contributed by atoms with Crippen LogP contribution in [0.15, 0.2) is 23.2 Å². The number of carboxylic acid groups (broad SMARTS) is 1. The van der Waals surface area contributed by atoms with Crippen molar-refractivity contribution in [1.82, 2.24) is 4.90 Å². The van der Waals surface area contributed by atoms with E-state index in [1.807, 2.05) is 0 Å². The molecule has 0 fully saturated rings. The van der Waals surface area contributed by atoms with E-state index < -0.39 is 12.0 Å². The molecule has 1 aliphatic rings. The molecule has 9 heteroatoms. The quantitative estimate of drug-likeness (QED) is 0.506. The number of carboxylic acids is 1. The van der Waals surface area contributed by atoms with E-state index in [0.717, 1.165) is 0 Å². The molecule has 0 saturated heterocycles. The first-order valence-corrected chi connectivity index (χ1v) is 8.66. The number of phenolic OH excluding ortho intramolecular Hbond substituents is 1. The van der Waals surface area contributed by atoms with Crippen LogP contribution < -0.4 is 4.74 Å². The van der Waals surface area contributed by atoms with Gasteiger partial charge in [-0.25, -0.2) is 4.79 Å². The van der Waals surface area contributed by atoms with E-state index in [1.54, 1.807) is 37.3 Å². The standard InChI is InChI=1S/C18H26N2O7/c1-20-12-14(18(22)23)19-17(20)13-4-3-5-15(16(13)21)27-11-10-26-9-8-25-7-6-24-2/h3-5,14,21H,6-12H2,1-2H3,(H,22,23)/t14-/m1/s1. The van der Waals surface area contributed by atoms with Gasteiger partial charge in [0.05, 0.1) is 45.1 Å². The second-order valence-electron chi connectivity index (χ2n) is 5.91. The molecular weight excluding hydrogens is 356 g/mol. The number of para-hydroxylation sites is 1. The van der Waals surface area contributed by atoms with Crippen molar-refractivity contribution in [3.8, 4) is 11.5 Å². The fourth-order valence-corrected chi connectivity index (χ4v) is 2.54. The van der Waals surface area contributed by atoms with Crippen LogP contribution in [0.2, 0.25) is 0 Å². The number of rotatable bonds is 12. The van der Waals surface area contributed by atoms with Gasteiger partial charge < -0.3 is 34.1 Å². The molecule has 1 aliphatic heterocycles. The number of hydrogen-bond acceptors (Lipinski definition) is 8. The fourth-order valence-electron chi connectivity index (χ4n) is 2.54. The molecule has 0 amide bonds. The highest BCUT2D eigenvalue weighted by molar-refractivity contribution is 6.04. The number of nitrogens with zero attached hydrogens (tertiary/aromatic N) is 2. The summed E-state index contributed by atoms with van der Waals surface area (Å²) in [5.74, 6) is -0.346. The highest BCUT2D eigenvalue weighted by Crippen LogP contribution is 2.32. The van der Waals surface area contributed by atoms with Crippen LogP contribution in [0, 0.1) is 0 Å². The summed E-state index contributed by atoms with van der Waals surface area (Å²) in [4.78, 5) is 17.0. The zero-order chi connectivity index (χ0) is 19.6. The fraction of sp³-hybridized carbons (Fsp3) is 0.556. The minimum Gasteiger partial charge on any atom is -0.504 e. The molecule has 2 rings (SSSR count). The zero-order valence-electron chi connectivity index (χ0n) is 15.6. The van der Waals surface area contributed by atoms with Crippen molar-refractivity contribution in [1.29, 1.82) is 0 Å². The first kappa shape index (κ1) is 20.9. The Morgan fingerprint density at radius 3 is 2.48 bits per heavy atom. The van der Waals surface area contributed by atoms with Gasteiger partial charge in [0.2, 0.25) is 0 Å². The molecule has 1 aromatic rings. The molecule has 1 aromatic carbocycles. The summed E-state index contributed by atoms with van der Waals surface area (Å²) < 4.78 is 21.1. The summed E-state index contributed by atoms with van der Waals surface area (Å²) in [7, 11) is 3.35. The van der Waals surface area contributed by atoms with Crippen LogP contribution in [0.3, 0.4) is 0 Å². The molecule has 0 aromatic heterocycles. The number of aliphatic carboxylic acids is 1. The zero-order valence-corrected chi connectivity index (χ0v) is 15.6. The van der Waals surface area contributed by atoms with E-state index in [9.17, 15) is 9.90 Å². The van der Waals surface area contributed by atoms with E-state index in [2.05, 4.69) is 4.99 Å². The largest absolute Gasteiger partial charge is 0.504 e. The number of methoxy groups -OCH3 is 1. The second-order valence-corrected chi connectivity index (χ2v) is 5.91. The maximum atomic E-state index is 11.1. The molecular formula is C18H26N2O7. The molecule has 27 heavy (non-hydrogen) atoms. The van der Waals surface area contributed by atoms with Gasteiger partial charge in [-0.2, -0.15) is 0 Å². The molecule has 150 valence electrons. The van der Waals surface area contributed by atoms with E-state index in [4.69, 9.17) is 24.1 Å². The summed E-state index contributed by atoms with van der Waals surface area (Å²) in [6.45, 7) is 2.85. The lowest BCUT2D eigenvalue weighted by atomic mass is 10.1. The number of aliphatic imine (C=N–C) groups is 1. The summed E-state index contributed by atoms with van der Waals surface area (Å²) in [5, 5.41) is 19.6. The highest BCUT2D eigenvalue weighted by Gasteiger charge is 2.30. The molecule has 0 bridgehead atoms. The van der Waals surface area contributed by atoms with E-state index in [0.29, 0.717) is 50.2 Å². The Kier molecular flexibility index (Phi) is 8.31. The maximum Gasteiger partial charge on any atom is 0.330 e. The lowest BCUT2D eigenvalue weighted by Gasteiger charge is -2.16. The predicted molar refractivity (Wildman–Crippen MR) is 97.7 cm³/mol.